The number of halogens is 1. The fourth-order valence-electron chi connectivity index (χ4n) is 3.43. The van der Waals surface area contributed by atoms with E-state index in [1.165, 1.54) is 5.56 Å². The lowest BCUT2D eigenvalue weighted by molar-refractivity contribution is -0.116. The minimum absolute atomic E-state index is 0.0531. The highest BCUT2D eigenvalue weighted by Crippen LogP contribution is 2.31. The first-order valence-corrected chi connectivity index (χ1v) is 9.86. The number of rotatable bonds is 5. The molecule has 2 aromatic carbocycles. The number of amides is 1. The predicted octanol–water partition coefficient (Wildman–Crippen LogP) is 3.91. The van der Waals surface area contributed by atoms with Crippen LogP contribution < -0.4 is 16.0 Å². The fourth-order valence-corrected chi connectivity index (χ4v) is 3.56. The summed E-state index contributed by atoms with van der Waals surface area (Å²) in [6, 6.07) is 15.9. The summed E-state index contributed by atoms with van der Waals surface area (Å²) in [5.41, 5.74) is 3.18. The molecule has 5 nitrogen and oxygen atoms in total. The van der Waals surface area contributed by atoms with E-state index in [0.717, 1.165) is 28.8 Å². The van der Waals surface area contributed by atoms with E-state index in [4.69, 9.17) is 11.6 Å². The summed E-state index contributed by atoms with van der Waals surface area (Å²) in [4.78, 5) is 16.3. The van der Waals surface area contributed by atoms with Gasteiger partial charge in [0.1, 0.15) is 0 Å². The van der Waals surface area contributed by atoms with Gasteiger partial charge in [0, 0.05) is 48.6 Å². The molecule has 1 aliphatic heterocycles. The maximum Gasteiger partial charge on any atom is 0.225 e. The number of benzene rings is 2. The van der Waals surface area contributed by atoms with Crippen LogP contribution in [-0.4, -0.2) is 32.0 Å². The second kappa shape index (κ2) is 8.65. The summed E-state index contributed by atoms with van der Waals surface area (Å²) >= 11 is 6.00. The van der Waals surface area contributed by atoms with E-state index in [-0.39, 0.29) is 17.2 Å². The van der Waals surface area contributed by atoms with E-state index >= 15 is 0 Å². The van der Waals surface area contributed by atoms with Crippen LogP contribution in [-0.2, 0) is 10.2 Å². The number of nitrogens with zero attached hydrogens (tertiary/aromatic N) is 1. The summed E-state index contributed by atoms with van der Waals surface area (Å²) in [5.74, 6) is 0.899. The first kappa shape index (κ1) is 20.2. The first-order valence-electron chi connectivity index (χ1n) is 9.48. The van der Waals surface area contributed by atoms with Crippen LogP contribution in [0.1, 0.15) is 37.3 Å². The maximum absolute atomic E-state index is 12.0. The van der Waals surface area contributed by atoms with Crippen molar-refractivity contribution in [3.8, 4) is 0 Å². The Labute approximate surface area is 171 Å². The molecule has 3 N–H and O–H groups in total. The number of hydrogen-bond acceptors (Lipinski definition) is 2. The van der Waals surface area contributed by atoms with Gasteiger partial charge in [-0.3, -0.25) is 9.79 Å². The van der Waals surface area contributed by atoms with Crippen molar-refractivity contribution in [3.05, 3.63) is 64.7 Å². The van der Waals surface area contributed by atoms with Gasteiger partial charge in [-0.2, -0.15) is 0 Å². The van der Waals surface area contributed by atoms with Crippen LogP contribution in [0.4, 0.5) is 5.69 Å². The number of carbonyl (C=O) groups is 1. The summed E-state index contributed by atoms with van der Waals surface area (Å²) in [6.45, 7) is 5.72. The first-order chi connectivity index (χ1) is 13.4. The molecule has 0 aromatic heterocycles. The number of anilines is 1. The minimum atomic E-state index is -0.0838. The summed E-state index contributed by atoms with van der Waals surface area (Å²) in [6.07, 6.45) is 0.470. The van der Waals surface area contributed by atoms with Crippen molar-refractivity contribution in [2.75, 3.05) is 25.5 Å². The highest BCUT2D eigenvalue weighted by Gasteiger charge is 2.25. The standard InChI is InChI=1S/C22H27ClN4O/c1-22(2,16-8-10-17(23)11-9-16)14-26-21(24-3)25-13-15-12-20(28)27-19-7-5-4-6-18(15)19/h4-11,15H,12-14H2,1-3H3,(H,27,28)(H2,24,25,26). The van der Waals surface area contributed by atoms with Gasteiger partial charge in [-0.05, 0) is 29.3 Å². The number of nitrogens with one attached hydrogen (secondary N) is 3. The Kier molecular flexibility index (Phi) is 6.25. The third-order valence-corrected chi connectivity index (χ3v) is 5.42. The molecule has 0 saturated heterocycles. The van der Waals surface area contributed by atoms with Crippen LogP contribution >= 0.6 is 11.6 Å². The third kappa shape index (κ3) is 4.84. The van der Waals surface area contributed by atoms with Crippen molar-refractivity contribution < 1.29 is 4.79 Å². The zero-order valence-electron chi connectivity index (χ0n) is 16.6. The van der Waals surface area contributed by atoms with E-state index in [1.54, 1.807) is 7.05 Å². The number of fused-ring (bicyclic) bond motifs is 1. The third-order valence-electron chi connectivity index (χ3n) is 5.17. The lowest BCUT2D eigenvalue weighted by Gasteiger charge is -2.28. The van der Waals surface area contributed by atoms with Crippen LogP contribution in [0.3, 0.4) is 0 Å². The van der Waals surface area contributed by atoms with E-state index in [9.17, 15) is 4.79 Å². The molecule has 6 heteroatoms. The van der Waals surface area contributed by atoms with Gasteiger partial charge in [-0.15, -0.1) is 0 Å². The van der Waals surface area contributed by atoms with Gasteiger partial charge in [0.2, 0.25) is 5.91 Å². The highest BCUT2D eigenvalue weighted by molar-refractivity contribution is 6.30. The molecule has 0 radical (unpaired) electrons. The van der Waals surface area contributed by atoms with Crippen molar-refractivity contribution in [1.29, 1.82) is 0 Å². The van der Waals surface area contributed by atoms with Gasteiger partial charge in [-0.25, -0.2) is 0 Å². The number of guanidine groups is 1. The molecule has 0 bridgehead atoms. The summed E-state index contributed by atoms with van der Waals surface area (Å²) in [7, 11) is 1.76. The van der Waals surface area contributed by atoms with Gasteiger partial charge in [0.15, 0.2) is 5.96 Å². The van der Waals surface area contributed by atoms with Crippen molar-refractivity contribution in [2.45, 2.75) is 31.6 Å². The van der Waals surface area contributed by atoms with Crippen LogP contribution in [0.15, 0.2) is 53.5 Å². The van der Waals surface area contributed by atoms with E-state index in [0.29, 0.717) is 13.0 Å². The van der Waals surface area contributed by atoms with Gasteiger partial charge >= 0.3 is 0 Å². The van der Waals surface area contributed by atoms with Crippen molar-refractivity contribution in [1.82, 2.24) is 10.6 Å². The zero-order valence-corrected chi connectivity index (χ0v) is 17.3. The minimum Gasteiger partial charge on any atom is -0.356 e. The summed E-state index contributed by atoms with van der Waals surface area (Å²) in [5, 5.41) is 10.4. The molecule has 1 unspecified atom stereocenters. The average molecular weight is 399 g/mol. The van der Waals surface area contributed by atoms with Crippen molar-refractivity contribution in [3.63, 3.8) is 0 Å². The Morgan fingerprint density at radius 1 is 1.18 bits per heavy atom. The van der Waals surface area contributed by atoms with Gasteiger partial charge in [0.05, 0.1) is 0 Å². The monoisotopic (exact) mass is 398 g/mol. The Hall–Kier alpha value is -2.53. The van der Waals surface area contributed by atoms with E-state index in [2.05, 4.69) is 53.0 Å². The molecular formula is C22H27ClN4O. The Balaban J connectivity index is 1.60. The Bertz CT molecular complexity index is 861. The largest absolute Gasteiger partial charge is 0.356 e. The molecule has 1 amide bonds. The Morgan fingerprint density at radius 2 is 1.89 bits per heavy atom. The van der Waals surface area contributed by atoms with E-state index in [1.807, 2.05) is 30.3 Å². The molecule has 0 aliphatic carbocycles. The number of para-hydroxylation sites is 1. The molecule has 1 aliphatic rings. The second-order valence-corrected chi connectivity index (χ2v) is 8.17. The second-order valence-electron chi connectivity index (χ2n) is 7.73. The van der Waals surface area contributed by atoms with Crippen LogP contribution in [0.25, 0.3) is 0 Å². The Morgan fingerprint density at radius 3 is 2.61 bits per heavy atom. The smallest absolute Gasteiger partial charge is 0.225 e. The number of hydrogen-bond donors (Lipinski definition) is 3. The average Bonchev–Trinajstić information content (AvgIpc) is 2.68. The zero-order chi connectivity index (χ0) is 20.1. The molecule has 1 atom stereocenters. The van der Waals surface area contributed by atoms with Crippen LogP contribution in [0.2, 0.25) is 5.02 Å². The molecule has 0 saturated carbocycles. The van der Waals surface area contributed by atoms with Gasteiger partial charge < -0.3 is 16.0 Å². The molecule has 0 fully saturated rings. The lowest BCUT2D eigenvalue weighted by Crippen LogP contribution is -2.45. The van der Waals surface area contributed by atoms with Crippen molar-refractivity contribution >= 4 is 29.2 Å². The van der Waals surface area contributed by atoms with Gasteiger partial charge in [0.25, 0.3) is 0 Å². The molecular weight excluding hydrogens is 372 g/mol. The predicted molar refractivity (Wildman–Crippen MR) is 116 cm³/mol. The lowest BCUT2D eigenvalue weighted by atomic mass is 9.84. The SMILES string of the molecule is CN=C(NCC1CC(=O)Nc2ccccc21)NCC(C)(C)c1ccc(Cl)cc1. The maximum atomic E-state index is 12.0. The molecule has 28 heavy (non-hydrogen) atoms. The quantitative estimate of drug-likeness (QED) is 0.528. The number of carbonyl (C=O) groups excluding carboxylic acids is 1. The van der Waals surface area contributed by atoms with Gasteiger partial charge in [-0.1, -0.05) is 55.8 Å². The molecule has 148 valence electrons. The molecule has 3 rings (SSSR count). The molecule has 0 spiro atoms. The number of aliphatic imine (C=N–C) groups is 1. The van der Waals surface area contributed by atoms with Crippen LogP contribution in [0, 0.1) is 0 Å². The molecule has 1 heterocycles. The van der Waals surface area contributed by atoms with Crippen LogP contribution in [0.5, 0.6) is 0 Å². The normalized spacial score (nSPS) is 16.9. The fraction of sp³-hybridized carbons (Fsp3) is 0.364. The topological polar surface area (TPSA) is 65.5 Å². The van der Waals surface area contributed by atoms with Crippen molar-refractivity contribution in [2.24, 2.45) is 4.99 Å². The molecule has 2 aromatic rings. The van der Waals surface area contributed by atoms with E-state index < -0.39 is 0 Å². The summed E-state index contributed by atoms with van der Waals surface area (Å²) < 4.78 is 0. The highest BCUT2D eigenvalue weighted by atomic mass is 35.5.